The van der Waals surface area contributed by atoms with Crippen molar-refractivity contribution in [2.75, 3.05) is 11.9 Å². The first-order chi connectivity index (χ1) is 10.1. The van der Waals surface area contributed by atoms with E-state index in [1.165, 1.54) is 18.2 Å². The maximum absolute atomic E-state index is 11.7. The minimum atomic E-state index is -1.27. The van der Waals surface area contributed by atoms with Crippen LogP contribution in [0.3, 0.4) is 0 Å². The molecule has 0 radical (unpaired) electrons. The number of anilines is 1. The van der Waals surface area contributed by atoms with E-state index in [1.54, 1.807) is 12.4 Å². The molecule has 0 aliphatic heterocycles. The van der Waals surface area contributed by atoms with E-state index >= 15 is 0 Å². The molecule has 0 unspecified atom stereocenters. The van der Waals surface area contributed by atoms with Gasteiger partial charge in [-0.3, -0.25) is 0 Å². The van der Waals surface area contributed by atoms with Gasteiger partial charge in [-0.2, -0.15) is 0 Å². The number of carbonyl (C=O) groups excluding carboxylic acids is 1. The molecule has 0 saturated carbocycles. The van der Waals surface area contributed by atoms with Crippen LogP contribution in [0.25, 0.3) is 0 Å². The van der Waals surface area contributed by atoms with E-state index in [0.717, 1.165) is 5.82 Å². The number of amides is 2. The van der Waals surface area contributed by atoms with Crippen molar-refractivity contribution >= 4 is 17.7 Å². The average molecular weight is 290 g/mol. The van der Waals surface area contributed by atoms with E-state index in [0.29, 0.717) is 13.0 Å². The van der Waals surface area contributed by atoms with Crippen molar-refractivity contribution in [3.8, 4) is 5.75 Å². The number of hydrogen-bond acceptors (Lipinski definition) is 4. The highest BCUT2D eigenvalue weighted by Gasteiger charge is 2.14. The average Bonchev–Trinajstić information content (AvgIpc) is 2.94. The lowest BCUT2D eigenvalue weighted by Crippen LogP contribution is -2.30. The van der Waals surface area contributed by atoms with Crippen LogP contribution in [0, 0.1) is 0 Å². The molecule has 0 atom stereocenters. The standard InChI is InChI=1S/C13H14N4O4/c18-11-8(12(19)20)2-1-3-9(11)17-13(21)16-5-4-10-14-6-7-15-10/h1-3,6-7,18H,4-5H2,(H,14,15)(H,19,20)(H2,16,17,21). The Morgan fingerprint density at radius 3 is 2.81 bits per heavy atom. The molecule has 1 heterocycles. The zero-order valence-electron chi connectivity index (χ0n) is 11.0. The molecule has 0 bridgehead atoms. The van der Waals surface area contributed by atoms with Crippen LogP contribution in [-0.2, 0) is 6.42 Å². The van der Waals surface area contributed by atoms with Crippen molar-refractivity contribution in [1.29, 1.82) is 0 Å². The molecule has 110 valence electrons. The van der Waals surface area contributed by atoms with Gasteiger partial charge in [0.25, 0.3) is 0 Å². The summed E-state index contributed by atoms with van der Waals surface area (Å²) in [6, 6.07) is 3.55. The van der Waals surface area contributed by atoms with Gasteiger partial charge in [0, 0.05) is 25.4 Å². The second-order valence-electron chi connectivity index (χ2n) is 4.17. The van der Waals surface area contributed by atoms with Gasteiger partial charge in [-0.1, -0.05) is 6.07 Å². The first-order valence-corrected chi connectivity index (χ1v) is 6.16. The van der Waals surface area contributed by atoms with E-state index in [4.69, 9.17) is 5.11 Å². The summed E-state index contributed by atoms with van der Waals surface area (Å²) in [7, 11) is 0. The number of benzene rings is 1. The van der Waals surface area contributed by atoms with Crippen LogP contribution in [0.1, 0.15) is 16.2 Å². The minimum Gasteiger partial charge on any atom is -0.505 e. The van der Waals surface area contributed by atoms with Gasteiger partial charge in [-0.25, -0.2) is 14.6 Å². The van der Waals surface area contributed by atoms with Gasteiger partial charge in [0.1, 0.15) is 11.4 Å². The fourth-order valence-electron chi connectivity index (χ4n) is 1.71. The second kappa shape index (κ2) is 6.42. The number of imidazole rings is 1. The highest BCUT2D eigenvalue weighted by molar-refractivity contribution is 5.97. The fraction of sp³-hybridized carbons (Fsp3) is 0.154. The topological polar surface area (TPSA) is 127 Å². The lowest BCUT2D eigenvalue weighted by molar-refractivity contribution is 0.0693. The molecule has 8 nitrogen and oxygen atoms in total. The molecule has 0 saturated heterocycles. The Balaban J connectivity index is 1.90. The van der Waals surface area contributed by atoms with E-state index in [-0.39, 0.29) is 11.3 Å². The number of phenols is 1. The molecule has 5 N–H and O–H groups in total. The Kier molecular flexibility index (Phi) is 4.39. The first-order valence-electron chi connectivity index (χ1n) is 6.16. The third-order valence-corrected chi connectivity index (χ3v) is 2.72. The van der Waals surface area contributed by atoms with Gasteiger partial charge in [0.2, 0.25) is 0 Å². The molecule has 0 fully saturated rings. The summed E-state index contributed by atoms with van der Waals surface area (Å²) in [5.41, 5.74) is -0.242. The van der Waals surface area contributed by atoms with Crippen LogP contribution in [0.4, 0.5) is 10.5 Å². The van der Waals surface area contributed by atoms with Gasteiger partial charge in [-0.05, 0) is 12.1 Å². The maximum Gasteiger partial charge on any atom is 0.339 e. The number of urea groups is 1. The molecule has 0 aliphatic rings. The van der Waals surface area contributed by atoms with Crippen molar-refractivity contribution in [2.45, 2.75) is 6.42 Å². The number of carbonyl (C=O) groups is 2. The second-order valence-corrected chi connectivity index (χ2v) is 4.17. The van der Waals surface area contributed by atoms with Crippen LogP contribution in [-0.4, -0.2) is 38.7 Å². The van der Waals surface area contributed by atoms with Crippen LogP contribution in [0.2, 0.25) is 0 Å². The predicted octanol–water partition coefficient (Wildman–Crippen LogP) is 1.18. The van der Waals surface area contributed by atoms with Gasteiger partial charge < -0.3 is 25.8 Å². The van der Waals surface area contributed by atoms with Gasteiger partial charge in [0.05, 0.1) is 5.69 Å². The first kappa shape index (κ1) is 14.4. The highest BCUT2D eigenvalue weighted by atomic mass is 16.4. The van der Waals surface area contributed by atoms with Crippen molar-refractivity contribution in [1.82, 2.24) is 15.3 Å². The zero-order valence-corrected chi connectivity index (χ0v) is 11.0. The number of aromatic nitrogens is 2. The summed E-state index contributed by atoms with van der Waals surface area (Å²) in [4.78, 5) is 29.4. The number of carboxylic acid groups (broad SMARTS) is 1. The summed E-state index contributed by atoms with van der Waals surface area (Å²) >= 11 is 0. The van der Waals surface area contributed by atoms with E-state index in [1.807, 2.05) is 0 Å². The van der Waals surface area contributed by atoms with Crippen LogP contribution in [0.15, 0.2) is 30.6 Å². The highest BCUT2D eigenvalue weighted by Crippen LogP contribution is 2.27. The Bertz CT molecular complexity index is 640. The number of nitrogens with zero attached hydrogens (tertiary/aromatic N) is 1. The Hall–Kier alpha value is -3.03. The molecular weight excluding hydrogens is 276 g/mol. The largest absolute Gasteiger partial charge is 0.505 e. The monoisotopic (exact) mass is 290 g/mol. The van der Waals surface area contributed by atoms with E-state index < -0.39 is 17.7 Å². The minimum absolute atomic E-state index is 0.0328. The summed E-state index contributed by atoms with van der Waals surface area (Å²) < 4.78 is 0. The molecule has 21 heavy (non-hydrogen) atoms. The number of hydrogen-bond donors (Lipinski definition) is 5. The fourth-order valence-corrected chi connectivity index (χ4v) is 1.71. The molecule has 1 aromatic carbocycles. The number of para-hydroxylation sites is 1. The van der Waals surface area contributed by atoms with Crippen molar-refractivity contribution in [3.63, 3.8) is 0 Å². The maximum atomic E-state index is 11.7. The van der Waals surface area contributed by atoms with Crippen LogP contribution >= 0.6 is 0 Å². The molecule has 0 spiro atoms. The van der Waals surface area contributed by atoms with Gasteiger partial charge in [0.15, 0.2) is 5.75 Å². The van der Waals surface area contributed by atoms with Crippen molar-refractivity contribution in [2.24, 2.45) is 0 Å². The Morgan fingerprint density at radius 2 is 2.14 bits per heavy atom. The SMILES string of the molecule is O=C(NCCc1ncc[nH]1)Nc1cccc(C(=O)O)c1O. The molecule has 8 heteroatoms. The molecule has 2 amide bonds. The number of aromatic amines is 1. The lowest BCUT2D eigenvalue weighted by Gasteiger charge is -2.10. The smallest absolute Gasteiger partial charge is 0.339 e. The number of H-pyrrole nitrogens is 1. The summed E-state index contributed by atoms with van der Waals surface area (Å²) in [6.45, 7) is 0.346. The molecular formula is C13H14N4O4. The molecule has 1 aromatic heterocycles. The zero-order chi connectivity index (χ0) is 15.2. The molecule has 2 aromatic rings. The third kappa shape index (κ3) is 3.72. The number of aromatic hydroxyl groups is 1. The number of carboxylic acids is 1. The Labute approximate surface area is 119 Å². The number of rotatable bonds is 5. The van der Waals surface area contributed by atoms with E-state index in [9.17, 15) is 14.7 Å². The number of nitrogens with one attached hydrogen (secondary N) is 3. The van der Waals surface area contributed by atoms with E-state index in [2.05, 4.69) is 20.6 Å². The quantitative estimate of drug-likeness (QED) is 0.528. The Morgan fingerprint density at radius 1 is 1.33 bits per heavy atom. The van der Waals surface area contributed by atoms with Crippen LogP contribution < -0.4 is 10.6 Å². The molecule has 0 aliphatic carbocycles. The summed E-state index contributed by atoms with van der Waals surface area (Å²) in [6.07, 6.45) is 3.83. The van der Waals surface area contributed by atoms with Gasteiger partial charge in [-0.15, -0.1) is 0 Å². The molecule has 2 rings (SSSR count). The van der Waals surface area contributed by atoms with Crippen molar-refractivity contribution < 1.29 is 19.8 Å². The predicted molar refractivity (Wildman–Crippen MR) is 74.4 cm³/mol. The third-order valence-electron chi connectivity index (χ3n) is 2.72. The lowest BCUT2D eigenvalue weighted by atomic mass is 10.2. The van der Waals surface area contributed by atoms with Crippen molar-refractivity contribution in [3.05, 3.63) is 42.0 Å². The van der Waals surface area contributed by atoms with Gasteiger partial charge >= 0.3 is 12.0 Å². The summed E-state index contributed by atoms with van der Waals surface area (Å²) in [5.74, 6) is -1.01. The normalized spacial score (nSPS) is 10.1. The summed E-state index contributed by atoms with van der Waals surface area (Å²) in [5, 5.41) is 23.6. The van der Waals surface area contributed by atoms with Crippen LogP contribution in [0.5, 0.6) is 5.75 Å². The number of aromatic carboxylic acids is 1.